The first-order chi connectivity index (χ1) is 9.73. The number of carbonyl (C=O) groups excluding carboxylic acids is 4. The summed E-state index contributed by atoms with van der Waals surface area (Å²) >= 11 is 0. The smallest absolute Gasteiger partial charge is 0.857 e. The molecule has 0 saturated carbocycles. The van der Waals surface area contributed by atoms with Gasteiger partial charge in [0.25, 0.3) is 0 Å². The summed E-state index contributed by atoms with van der Waals surface area (Å²) in [6.45, 7) is 2.61. The van der Waals surface area contributed by atoms with Crippen molar-refractivity contribution in [1.29, 1.82) is 0 Å². The molecule has 0 aliphatic heterocycles. The van der Waals surface area contributed by atoms with Crippen molar-refractivity contribution in [3.05, 3.63) is 0 Å². The van der Waals surface area contributed by atoms with E-state index in [-0.39, 0.29) is 77.3 Å². The number of nitrogens with two attached hydrogens (primary N) is 2. The number of carbonyl (C=O) groups is 4. The Morgan fingerprint density at radius 1 is 0.957 bits per heavy atom. The molecule has 4 N–H and O–H groups in total. The number of primary amides is 2. The fraction of sp³-hybridized carbons (Fsp3) is 0.636. The zero-order chi connectivity index (χ0) is 17.7. The summed E-state index contributed by atoms with van der Waals surface area (Å²) in [6, 6.07) is 0. The number of aldehydes is 1. The molecule has 2 amide bonds. The first kappa shape index (κ1) is 39.0. The average Bonchev–Trinajstić information content (AvgIpc) is 2.34. The van der Waals surface area contributed by atoms with Gasteiger partial charge in [-0.25, -0.2) is 0 Å². The van der Waals surface area contributed by atoms with E-state index in [4.69, 9.17) is 5.11 Å². The summed E-state index contributed by atoms with van der Waals surface area (Å²) in [5.41, 5.74) is 8.94. The quantitative estimate of drug-likeness (QED) is 0.188. The van der Waals surface area contributed by atoms with E-state index in [2.05, 4.69) is 11.5 Å². The molecule has 0 atom stereocenters. The minimum absolute atomic E-state index is 0. The van der Waals surface area contributed by atoms with Crippen molar-refractivity contribution in [2.45, 2.75) is 26.7 Å². The van der Waals surface area contributed by atoms with E-state index < -0.39 is 5.97 Å². The summed E-state index contributed by atoms with van der Waals surface area (Å²) in [6.07, 6.45) is 1.47. The van der Waals surface area contributed by atoms with Gasteiger partial charge in [-0.3, -0.25) is 9.59 Å². The molecule has 12 heteroatoms. The van der Waals surface area contributed by atoms with Gasteiger partial charge in [0.1, 0.15) is 6.29 Å². The maximum absolute atomic E-state index is 9.90. The molecule has 0 saturated heterocycles. The fourth-order valence-corrected chi connectivity index (χ4v) is 2.26. The molecule has 8 nitrogen and oxygen atoms in total. The molecule has 0 spiro atoms. The van der Waals surface area contributed by atoms with Crippen LogP contribution < -0.4 is 80.8 Å². The molecule has 0 rings (SSSR count). The van der Waals surface area contributed by atoms with Crippen LogP contribution in [0.1, 0.15) is 26.7 Å². The molecule has 0 fully saturated rings. The number of amides is 2. The molecule has 126 valence electrons. The van der Waals surface area contributed by atoms with E-state index in [9.17, 15) is 24.3 Å². The Kier molecular flexibility index (Phi) is 65.0. The van der Waals surface area contributed by atoms with Crippen LogP contribution in [0.15, 0.2) is 0 Å². The van der Waals surface area contributed by atoms with E-state index in [1.807, 2.05) is 0 Å². The molecule has 0 unspecified atom stereocenters. The Balaban J connectivity index is -0.0000000509. The number of carboxylic acids is 1. The first-order valence-electron chi connectivity index (χ1n) is 5.54. The second-order valence-electron chi connectivity index (χ2n) is 2.94. The van der Waals surface area contributed by atoms with E-state index in [1.54, 1.807) is 0 Å². The monoisotopic (exact) mass is 388 g/mol. The van der Waals surface area contributed by atoms with Crippen molar-refractivity contribution in [3.63, 3.8) is 0 Å². The molecule has 23 heavy (non-hydrogen) atoms. The number of carboxylic acid groups (broad SMARTS) is 1. The van der Waals surface area contributed by atoms with Crippen LogP contribution in [0.5, 0.6) is 0 Å². The van der Waals surface area contributed by atoms with Crippen LogP contribution in [0.25, 0.3) is 0 Å². The molecule has 0 radical (unpaired) electrons. The molecular formula is C11H22N2Na2O6S2. The molecule has 0 aromatic rings. The zero-order valence-corrected chi connectivity index (χ0v) is 20.0. The van der Waals surface area contributed by atoms with Gasteiger partial charge < -0.3 is 31.3 Å². The van der Waals surface area contributed by atoms with Crippen LogP contribution in [0.2, 0.25) is 0 Å². The summed E-state index contributed by atoms with van der Waals surface area (Å²) < 4.78 is 0. The van der Waals surface area contributed by atoms with Crippen molar-refractivity contribution < 1.29 is 88.5 Å². The van der Waals surface area contributed by atoms with Crippen molar-refractivity contribution in [2.75, 3.05) is 18.6 Å². The molecular weight excluding hydrogens is 366 g/mol. The van der Waals surface area contributed by atoms with Crippen molar-refractivity contribution in [2.24, 2.45) is 11.5 Å². The second kappa shape index (κ2) is 38.4. The number of rotatable bonds is 7. The first-order valence-corrected chi connectivity index (χ1v) is 8.03. The molecule has 0 aliphatic carbocycles. The summed E-state index contributed by atoms with van der Waals surface area (Å²) in [7, 11) is 3.72. The number of hydrogen-bond donors (Lipinski definition) is 2. The minimum Gasteiger partial charge on any atom is -0.857 e. The normalized spacial score (nSPS) is 6.96. The van der Waals surface area contributed by atoms with Gasteiger partial charge in [-0.1, -0.05) is 21.6 Å². The number of aliphatic carboxylic acids is 1. The molecule has 0 aromatic carbocycles. The van der Waals surface area contributed by atoms with Gasteiger partial charge in [-0.2, -0.15) is 7.11 Å². The van der Waals surface area contributed by atoms with Crippen LogP contribution in [-0.4, -0.2) is 42.7 Å². The average molecular weight is 388 g/mol. The third-order valence-corrected chi connectivity index (χ3v) is 3.23. The standard InChI is InChI=1S/C6H10O3S2.2C2H5NO.CH3O.2Na/c7-3-1-4-10-11-5-2-6(8)9;2*1-2(3)4;1-2;;/h3H,1-2,4-5H2,(H,8,9);2*1H3,(H2,3,4);1H3;;/q;;;-1;2*+1/p-1. The molecule has 0 aromatic heterocycles. The maximum Gasteiger partial charge on any atom is 1.00 e. The predicted octanol–water partition coefficient (Wildman–Crippen LogP) is -7.94. The van der Waals surface area contributed by atoms with Crippen LogP contribution in [-0.2, 0) is 19.2 Å². The number of hydrogen-bond acceptors (Lipinski definition) is 8. The van der Waals surface area contributed by atoms with Crippen molar-refractivity contribution >= 4 is 45.7 Å². The van der Waals surface area contributed by atoms with E-state index in [0.29, 0.717) is 12.2 Å². The van der Waals surface area contributed by atoms with Crippen LogP contribution in [0.3, 0.4) is 0 Å². The van der Waals surface area contributed by atoms with Crippen LogP contribution in [0, 0.1) is 0 Å². The second-order valence-corrected chi connectivity index (χ2v) is 5.64. The minimum atomic E-state index is -1.02. The molecule has 0 heterocycles. The molecule has 0 aliphatic rings. The van der Waals surface area contributed by atoms with Gasteiger partial charge in [-0.05, 0) is 6.42 Å². The van der Waals surface area contributed by atoms with E-state index in [1.165, 1.54) is 35.4 Å². The van der Waals surface area contributed by atoms with Gasteiger partial charge >= 0.3 is 59.1 Å². The third-order valence-electron chi connectivity index (χ3n) is 0.792. The van der Waals surface area contributed by atoms with Crippen LogP contribution >= 0.6 is 21.6 Å². The summed E-state index contributed by atoms with van der Waals surface area (Å²) in [5.74, 6) is -0.388. The van der Waals surface area contributed by atoms with E-state index in [0.717, 1.165) is 19.1 Å². The Morgan fingerprint density at radius 2 is 1.26 bits per heavy atom. The van der Waals surface area contributed by atoms with Gasteiger partial charge in [0.2, 0.25) is 11.8 Å². The Hall–Kier alpha value is 0.740. The van der Waals surface area contributed by atoms with Gasteiger partial charge in [-0.15, -0.1) is 0 Å². The fourth-order valence-electron chi connectivity index (χ4n) is 0.339. The van der Waals surface area contributed by atoms with Crippen molar-refractivity contribution in [1.82, 2.24) is 0 Å². The Labute approximate surface area is 189 Å². The SMILES string of the molecule is CC(N)=O.CC(N)=O.C[O-].O=CCCSSCCC(=O)[O-].[Na+].[Na+]. The molecule has 0 bridgehead atoms. The topological polar surface area (TPSA) is 166 Å². The van der Waals surface area contributed by atoms with Gasteiger partial charge in [0.15, 0.2) is 0 Å². The van der Waals surface area contributed by atoms with Crippen molar-refractivity contribution in [3.8, 4) is 0 Å². The van der Waals surface area contributed by atoms with Gasteiger partial charge in [0, 0.05) is 37.7 Å². The summed E-state index contributed by atoms with van der Waals surface area (Å²) in [5, 5.41) is 18.1. The van der Waals surface area contributed by atoms with Crippen LogP contribution in [0.4, 0.5) is 0 Å². The Morgan fingerprint density at radius 3 is 1.52 bits per heavy atom. The third kappa shape index (κ3) is 128. The largest absolute Gasteiger partial charge is 1.00 e. The zero-order valence-electron chi connectivity index (χ0n) is 14.3. The maximum atomic E-state index is 9.90. The predicted molar refractivity (Wildman–Crippen MR) is 80.9 cm³/mol. The van der Waals surface area contributed by atoms with E-state index >= 15 is 0 Å². The van der Waals surface area contributed by atoms with Gasteiger partial charge in [0.05, 0.1) is 0 Å². The summed E-state index contributed by atoms with van der Waals surface area (Å²) in [4.78, 5) is 38.2. The Bertz CT molecular complexity index is 267.